The van der Waals surface area contributed by atoms with Crippen LogP contribution in [0.3, 0.4) is 0 Å². The summed E-state index contributed by atoms with van der Waals surface area (Å²) in [5.41, 5.74) is 0.461. The molecule has 0 aliphatic carbocycles. The van der Waals surface area contributed by atoms with Crippen LogP contribution in [0.5, 0.6) is 11.5 Å². The number of hydrogen-bond donors (Lipinski definition) is 1. The second-order valence-electron chi connectivity index (χ2n) is 3.96. The highest BCUT2D eigenvalue weighted by molar-refractivity contribution is 7.92. The van der Waals surface area contributed by atoms with Gasteiger partial charge in [-0.3, -0.25) is 4.79 Å². The highest BCUT2D eigenvalue weighted by Gasteiger charge is 2.17. The van der Waals surface area contributed by atoms with Crippen LogP contribution in [0.15, 0.2) is 30.9 Å². The fourth-order valence-electron chi connectivity index (χ4n) is 1.61. The standard InChI is InChI=1S/C12H13NO5S/c1-2-5-19(15,16)7-12(14)13-9-3-4-10-11(6-9)18-8-17-10/h2-4,6H,1,5,7-8H2,(H,13,14). The third-order valence-corrected chi connectivity index (χ3v) is 3.82. The van der Waals surface area contributed by atoms with E-state index in [9.17, 15) is 13.2 Å². The number of anilines is 1. The van der Waals surface area contributed by atoms with Gasteiger partial charge in [0.2, 0.25) is 12.7 Å². The van der Waals surface area contributed by atoms with Gasteiger partial charge in [0.15, 0.2) is 21.3 Å². The minimum atomic E-state index is -3.45. The Balaban J connectivity index is 2.01. The number of sulfone groups is 1. The Morgan fingerprint density at radius 2 is 2.11 bits per heavy atom. The van der Waals surface area contributed by atoms with Crippen LogP contribution in [0.25, 0.3) is 0 Å². The van der Waals surface area contributed by atoms with Gasteiger partial charge in [0.1, 0.15) is 5.75 Å². The molecule has 0 saturated carbocycles. The fourth-order valence-corrected chi connectivity index (χ4v) is 2.56. The van der Waals surface area contributed by atoms with Crippen molar-refractivity contribution in [1.29, 1.82) is 0 Å². The quantitative estimate of drug-likeness (QED) is 0.814. The largest absolute Gasteiger partial charge is 0.454 e. The molecule has 1 aliphatic heterocycles. The number of nitrogens with one attached hydrogen (secondary N) is 1. The molecular formula is C12H13NO5S. The summed E-state index contributed by atoms with van der Waals surface area (Å²) in [5.74, 6) is -0.278. The number of carbonyl (C=O) groups is 1. The van der Waals surface area contributed by atoms with Gasteiger partial charge in [-0.25, -0.2) is 8.42 Å². The zero-order chi connectivity index (χ0) is 13.9. The molecule has 19 heavy (non-hydrogen) atoms. The topological polar surface area (TPSA) is 81.7 Å². The van der Waals surface area contributed by atoms with Crippen molar-refractivity contribution in [2.75, 3.05) is 23.6 Å². The first-order valence-corrected chi connectivity index (χ1v) is 7.33. The summed E-state index contributed by atoms with van der Waals surface area (Å²) in [5, 5.41) is 2.50. The number of ether oxygens (including phenoxy) is 2. The summed E-state index contributed by atoms with van der Waals surface area (Å²) >= 11 is 0. The van der Waals surface area contributed by atoms with Crippen molar-refractivity contribution >= 4 is 21.4 Å². The van der Waals surface area contributed by atoms with Gasteiger partial charge in [0.25, 0.3) is 0 Å². The van der Waals surface area contributed by atoms with E-state index in [1.165, 1.54) is 6.08 Å². The van der Waals surface area contributed by atoms with Crippen molar-refractivity contribution in [1.82, 2.24) is 0 Å². The molecule has 1 heterocycles. The molecule has 0 spiro atoms. The predicted molar refractivity (Wildman–Crippen MR) is 70.0 cm³/mol. The van der Waals surface area contributed by atoms with Gasteiger partial charge in [-0.1, -0.05) is 6.08 Å². The third-order valence-electron chi connectivity index (χ3n) is 2.38. The molecular weight excluding hydrogens is 270 g/mol. The van der Waals surface area contributed by atoms with E-state index in [1.807, 2.05) is 0 Å². The fraction of sp³-hybridized carbons (Fsp3) is 0.250. The molecule has 0 atom stereocenters. The van der Waals surface area contributed by atoms with Crippen molar-refractivity contribution in [3.8, 4) is 11.5 Å². The van der Waals surface area contributed by atoms with Crippen molar-refractivity contribution in [3.63, 3.8) is 0 Å². The molecule has 0 bridgehead atoms. The molecule has 1 aromatic rings. The van der Waals surface area contributed by atoms with Gasteiger partial charge in [0, 0.05) is 11.8 Å². The van der Waals surface area contributed by atoms with Crippen molar-refractivity contribution < 1.29 is 22.7 Å². The third kappa shape index (κ3) is 3.47. The number of fused-ring (bicyclic) bond motifs is 1. The normalized spacial score (nSPS) is 13.1. The van der Waals surface area contributed by atoms with E-state index in [0.29, 0.717) is 17.2 Å². The van der Waals surface area contributed by atoms with Crippen LogP contribution < -0.4 is 14.8 Å². The zero-order valence-corrected chi connectivity index (χ0v) is 10.9. The Morgan fingerprint density at radius 1 is 1.37 bits per heavy atom. The maximum Gasteiger partial charge on any atom is 0.239 e. The van der Waals surface area contributed by atoms with Gasteiger partial charge < -0.3 is 14.8 Å². The molecule has 6 nitrogen and oxygen atoms in total. The van der Waals surface area contributed by atoms with Crippen LogP contribution >= 0.6 is 0 Å². The van der Waals surface area contributed by atoms with Crippen LogP contribution in [0, 0.1) is 0 Å². The second-order valence-corrected chi connectivity index (χ2v) is 6.07. The summed E-state index contributed by atoms with van der Waals surface area (Å²) in [4.78, 5) is 11.6. The number of amides is 1. The molecule has 1 aromatic carbocycles. The Morgan fingerprint density at radius 3 is 2.84 bits per heavy atom. The van der Waals surface area contributed by atoms with Crippen LogP contribution in [-0.4, -0.2) is 32.6 Å². The molecule has 102 valence electrons. The van der Waals surface area contributed by atoms with Gasteiger partial charge in [-0.2, -0.15) is 0 Å². The number of carbonyl (C=O) groups excluding carboxylic acids is 1. The smallest absolute Gasteiger partial charge is 0.239 e. The number of rotatable bonds is 5. The Labute approximate surface area is 110 Å². The van der Waals surface area contributed by atoms with E-state index in [-0.39, 0.29) is 12.5 Å². The zero-order valence-electron chi connectivity index (χ0n) is 10.1. The molecule has 2 rings (SSSR count). The molecule has 0 aromatic heterocycles. The van der Waals surface area contributed by atoms with Crippen molar-refractivity contribution in [2.45, 2.75) is 0 Å². The Hall–Kier alpha value is -2.02. The lowest BCUT2D eigenvalue weighted by atomic mass is 10.3. The van der Waals surface area contributed by atoms with E-state index in [2.05, 4.69) is 11.9 Å². The average Bonchev–Trinajstić information content (AvgIpc) is 2.74. The van der Waals surface area contributed by atoms with E-state index in [4.69, 9.17) is 9.47 Å². The van der Waals surface area contributed by atoms with Gasteiger partial charge in [-0.15, -0.1) is 6.58 Å². The van der Waals surface area contributed by atoms with Crippen LogP contribution in [0.1, 0.15) is 0 Å². The lowest BCUT2D eigenvalue weighted by Gasteiger charge is -2.06. The molecule has 0 fully saturated rings. The van der Waals surface area contributed by atoms with E-state index < -0.39 is 21.5 Å². The molecule has 1 amide bonds. The van der Waals surface area contributed by atoms with Gasteiger partial charge in [0.05, 0.1) is 5.75 Å². The maximum absolute atomic E-state index is 11.6. The first-order chi connectivity index (χ1) is 9.00. The van der Waals surface area contributed by atoms with Gasteiger partial charge in [-0.05, 0) is 12.1 Å². The molecule has 1 aliphatic rings. The van der Waals surface area contributed by atoms with Crippen LogP contribution in [-0.2, 0) is 14.6 Å². The summed E-state index contributed by atoms with van der Waals surface area (Å²) in [6.07, 6.45) is 1.25. The first-order valence-electron chi connectivity index (χ1n) is 5.51. The van der Waals surface area contributed by atoms with Crippen molar-refractivity contribution in [3.05, 3.63) is 30.9 Å². The lowest BCUT2D eigenvalue weighted by Crippen LogP contribution is -2.24. The number of benzene rings is 1. The molecule has 0 saturated heterocycles. The second kappa shape index (κ2) is 5.31. The highest BCUT2D eigenvalue weighted by atomic mass is 32.2. The van der Waals surface area contributed by atoms with Crippen molar-refractivity contribution in [2.24, 2.45) is 0 Å². The minimum absolute atomic E-state index is 0.139. The Kier molecular flexibility index (Phi) is 3.75. The monoisotopic (exact) mass is 283 g/mol. The number of hydrogen-bond acceptors (Lipinski definition) is 5. The first kappa shape index (κ1) is 13.4. The summed E-state index contributed by atoms with van der Waals surface area (Å²) in [6, 6.07) is 4.85. The SMILES string of the molecule is C=CCS(=O)(=O)CC(=O)Nc1ccc2c(c1)OCO2. The van der Waals surface area contributed by atoms with Crippen LogP contribution in [0.2, 0.25) is 0 Å². The molecule has 7 heteroatoms. The molecule has 0 radical (unpaired) electrons. The lowest BCUT2D eigenvalue weighted by molar-refractivity contribution is -0.113. The maximum atomic E-state index is 11.6. The van der Waals surface area contributed by atoms with E-state index in [0.717, 1.165) is 0 Å². The van der Waals surface area contributed by atoms with Gasteiger partial charge >= 0.3 is 0 Å². The molecule has 1 N–H and O–H groups in total. The Bertz CT molecular complexity index is 609. The summed E-state index contributed by atoms with van der Waals surface area (Å²) in [7, 11) is -3.45. The van der Waals surface area contributed by atoms with E-state index in [1.54, 1.807) is 18.2 Å². The summed E-state index contributed by atoms with van der Waals surface area (Å²) in [6.45, 7) is 3.47. The highest BCUT2D eigenvalue weighted by Crippen LogP contribution is 2.34. The minimum Gasteiger partial charge on any atom is -0.454 e. The molecule has 0 unspecified atom stereocenters. The predicted octanol–water partition coefficient (Wildman–Crippen LogP) is 0.955. The summed E-state index contributed by atoms with van der Waals surface area (Å²) < 4.78 is 33.2. The van der Waals surface area contributed by atoms with E-state index >= 15 is 0 Å². The van der Waals surface area contributed by atoms with Crippen LogP contribution in [0.4, 0.5) is 5.69 Å². The average molecular weight is 283 g/mol.